The van der Waals surface area contributed by atoms with E-state index in [1.165, 1.54) is 0 Å². The van der Waals surface area contributed by atoms with Gasteiger partial charge in [0, 0.05) is 6.42 Å². The van der Waals surface area contributed by atoms with Crippen LogP contribution < -0.4 is 16.1 Å². The summed E-state index contributed by atoms with van der Waals surface area (Å²) < 4.78 is 33.7. The molecule has 9 nitrogen and oxygen atoms in total. The van der Waals surface area contributed by atoms with Crippen LogP contribution >= 0.6 is 8.25 Å². The highest BCUT2D eigenvalue weighted by Crippen LogP contribution is 2.28. The molecule has 1 aliphatic rings. The van der Waals surface area contributed by atoms with Gasteiger partial charge in [0.15, 0.2) is 0 Å². The number of aromatic nitrogens is 2. The molecular formula is C9H10FN2O7P. The highest BCUT2D eigenvalue weighted by molar-refractivity contribution is 7.30. The van der Waals surface area contributed by atoms with Crippen LogP contribution in [0.1, 0.15) is 12.6 Å². The van der Waals surface area contributed by atoms with Gasteiger partial charge in [-0.05, 0) is 4.57 Å². The summed E-state index contributed by atoms with van der Waals surface area (Å²) >= 11 is 0. The van der Waals surface area contributed by atoms with Gasteiger partial charge in [0.2, 0.25) is 5.82 Å². The Bertz CT molecular complexity index is 629. The van der Waals surface area contributed by atoms with Crippen LogP contribution in [0.25, 0.3) is 0 Å². The number of rotatable bonds is 4. The van der Waals surface area contributed by atoms with Crippen LogP contribution in [-0.4, -0.2) is 33.5 Å². The van der Waals surface area contributed by atoms with Crippen molar-refractivity contribution in [3.8, 4) is 0 Å². The topological polar surface area (TPSA) is 134 Å². The third-order valence-corrected chi connectivity index (χ3v) is 3.14. The quantitative estimate of drug-likeness (QED) is 0.637. The molecule has 1 aromatic rings. The number of halogens is 1. The van der Waals surface area contributed by atoms with E-state index in [9.17, 15) is 28.5 Å². The Morgan fingerprint density at radius 3 is 3.00 bits per heavy atom. The Morgan fingerprint density at radius 1 is 1.65 bits per heavy atom. The molecule has 2 N–H and O–H groups in total. The predicted molar refractivity (Wildman–Crippen MR) is 59.4 cm³/mol. The Hall–Kier alpha value is -1.45. The van der Waals surface area contributed by atoms with Crippen molar-refractivity contribution in [1.82, 2.24) is 9.55 Å². The van der Waals surface area contributed by atoms with Crippen LogP contribution in [0.4, 0.5) is 4.39 Å². The molecule has 1 aliphatic heterocycles. The van der Waals surface area contributed by atoms with E-state index in [-0.39, 0.29) is 6.42 Å². The third kappa shape index (κ3) is 3.17. The molecule has 4 atom stereocenters. The standard InChI is InChI=1S/C9H10FN2O7P/c10-4-2-12(9(15)11-8(4)14)7-1-5(13)6(19-7)3-18-20(16)17/h2,5-7,13H,1,3H2,(H,11,14,15)/t5-,6+,7+/m0/s1. The molecule has 1 saturated heterocycles. The van der Waals surface area contributed by atoms with Crippen LogP contribution in [0.2, 0.25) is 0 Å². The van der Waals surface area contributed by atoms with Crippen LogP contribution in [0.3, 0.4) is 0 Å². The van der Waals surface area contributed by atoms with Gasteiger partial charge in [-0.1, -0.05) is 0 Å². The monoisotopic (exact) mass is 308 g/mol. The van der Waals surface area contributed by atoms with Crippen molar-refractivity contribution in [3.05, 3.63) is 32.9 Å². The average molecular weight is 308 g/mol. The minimum Gasteiger partial charge on any atom is -0.566 e. The fourth-order valence-corrected chi connectivity index (χ4v) is 2.11. The molecule has 0 aliphatic carbocycles. The fourth-order valence-electron chi connectivity index (χ4n) is 1.84. The first kappa shape index (κ1) is 14.9. The minimum atomic E-state index is -3.09. The maximum absolute atomic E-state index is 13.1. The van der Waals surface area contributed by atoms with E-state index in [2.05, 4.69) is 4.52 Å². The molecule has 11 heteroatoms. The summed E-state index contributed by atoms with van der Waals surface area (Å²) in [7, 11) is -3.09. The van der Waals surface area contributed by atoms with Crippen LogP contribution in [0, 0.1) is 5.82 Å². The summed E-state index contributed by atoms with van der Waals surface area (Å²) in [6, 6.07) is 0. The van der Waals surface area contributed by atoms with Crippen LogP contribution in [-0.2, 0) is 13.8 Å². The molecule has 0 saturated carbocycles. The van der Waals surface area contributed by atoms with E-state index in [0.717, 1.165) is 4.57 Å². The van der Waals surface area contributed by atoms with Gasteiger partial charge < -0.3 is 14.7 Å². The summed E-state index contributed by atoms with van der Waals surface area (Å²) in [5.41, 5.74) is -2.06. The Kier molecular flexibility index (Phi) is 4.41. The average Bonchev–Trinajstić information content (AvgIpc) is 2.72. The summed E-state index contributed by atoms with van der Waals surface area (Å²) in [6.07, 6.45) is -2.50. The lowest BCUT2D eigenvalue weighted by atomic mass is 10.2. The van der Waals surface area contributed by atoms with Gasteiger partial charge >= 0.3 is 13.9 Å². The minimum absolute atomic E-state index is 0.0743. The van der Waals surface area contributed by atoms with E-state index in [0.29, 0.717) is 6.20 Å². The summed E-state index contributed by atoms with van der Waals surface area (Å²) in [6.45, 7) is -0.420. The Labute approximate surface area is 111 Å². The second-order valence-electron chi connectivity index (χ2n) is 4.10. The summed E-state index contributed by atoms with van der Waals surface area (Å²) in [5.74, 6) is -1.18. The van der Waals surface area contributed by atoms with Gasteiger partial charge in [0.1, 0.15) is 18.9 Å². The maximum atomic E-state index is 13.1. The number of ether oxygens (including phenoxy) is 1. The number of nitrogens with one attached hydrogen (secondary N) is 1. The zero-order valence-corrected chi connectivity index (χ0v) is 10.8. The Balaban J connectivity index is 2.16. The molecule has 20 heavy (non-hydrogen) atoms. The van der Waals surface area contributed by atoms with Gasteiger partial charge in [0.25, 0.3) is 5.56 Å². The molecule has 1 fully saturated rings. The van der Waals surface area contributed by atoms with E-state index >= 15 is 0 Å². The molecule has 0 bridgehead atoms. The second kappa shape index (κ2) is 5.90. The van der Waals surface area contributed by atoms with Gasteiger partial charge in [0.05, 0.1) is 12.3 Å². The van der Waals surface area contributed by atoms with Crippen molar-refractivity contribution in [1.29, 1.82) is 0 Å². The number of H-pyrrole nitrogens is 1. The number of aromatic amines is 1. The largest absolute Gasteiger partial charge is 0.566 e. The highest BCUT2D eigenvalue weighted by atomic mass is 31.1. The van der Waals surface area contributed by atoms with Crippen molar-refractivity contribution in [2.24, 2.45) is 0 Å². The first-order valence-electron chi connectivity index (χ1n) is 5.50. The van der Waals surface area contributed by atoms with Crippen LogP contribution in [0.5, 0.6) is 0 Å². The van der Waals surface area contributed by atoms with Gasteiger partial charge in [-0.3, -0.25) is 14.3 Å². The molecule has 0 radical (unpaired) electrons. The van der Waals surface area contributed by atoms with E-state index in [1.54, 1.807) is 4.98 Å². The van der Waals surface area contributed by atoms with Crippen molar-refractivity contribution < 1.29 is 28.2 Å². The van der Waals surface area contributed by atoms with E-state index < -0.39 is 50.4 Å². The van der Waals surface area contributed by atoms with Gasteiger partial charge in [-0.2, -0.15) is 4.39 Å². The summed E-state index contributed by atoms with van der Waals surface area (Å²) in [4.78, 5) is 34.4. The maximum Gasteiger partial charge on any atom is 0.488 e. The van der Waals surface area contributed by atoms with Crippen molar-refractivity contribution in [3.63, 3.8) is 0 Å². The zero-order valence-electron chi connectivity index (χ0n) is 9.89. The normalized spacial score (nSPS) is 26.8. The SMILES string of the molecule is O=c1[nH]c(=O)n([C@H]2C[C@H](O)[C@@H](CO[P+](=O)[O-])O2)cc1F. The van der Waals surface area contributed by atoms with E-state index in [4.69, 9.17) is 4.74 Å². The molecule has 1 aromatic heterocycles. The van der Waals surface area contributed by atoms with E-state index in [1.807, 2.05) is 0 Å². The number of aliphatic hydroxyl groups excluding tert-OH is 1. The van der Waals surface area contributed by atoms with Crippen molar-refractivity contribution in [2.45, 2.75) is 24.9 Å². The molecule has 0 amide bonds. The number of nitrogens with zero attached hydrogens (tertiary/aromatic N) is 1. The third-order valence-electron chi connectivity index (χ3n) is 2.78. The highest BCUT2D eigenvalue weighted by Gasteiger charge is 2.37. The number of hydrogen-bond donors (Lipinski definition) is 2. The lowest BCUT2D eigenvalue weighted by molar-refractivity contribution is -0.189. The molecule has 0 aromatic carbocycles. The first-order chi connectivity index (χ1) is 9.38. The van der Waals surface area contributed by atoms with Crippen molar-refractivity contribution in [2.75, 3.05) is 6.61 Å². The molecular weight excluding hydrogens is 298 g/mol. The predicted octanol–water partition coefficient (Wildman–Crippen LogP) is -1.64. The van der Waals surface area contributed by atoms with Gasteiger partial charge in [-0.25, -0.2) is 4.79 Å². The van der Waals surface area contributed by atoms with Gasteiger partial charge in [-0.15, -0.1) is 4.52 Å². The van der Waals surface area contributed by atoms with Crippen LogP contribution in [0.15, 0.2) is 15.8 Å². The number of aliphatic hydroxyl groups is 1. The number of hydrogen-bond acceptors (Lipinski definition) is 7. The molecule has 0 spiro atoms. The first-order valence-corrected chi connectivity index (χ1v) is 6.60. The fraction of sp³-hybridized carbons (Fsp3) is 0.556. The zero-order chi connectivity index (χ0) is 14.9. The molecule has 1 unspecified atom stereocenters. The smallest absolute Gasteiger partial charge is 0.488 e. The molecule has 2 heterocycles. The van der Waals surface area contributed by atoms with Crippen molar-refractivity contribution >= 4 is 8.25 Å². The Morgan fingerprint density at radius 2 is 2.35 bits per heavy atom. The molecule has 110 valence electrons. The second-order valence-corrected chi connectivity index (χ2v) is 4.80. The molecule has 2 rings (SSSR count). The lowest BCUT2D eigenvalue weighted by Crippen LogP contribution is -2.34. The summed E-state index contributed by atoms with van der Waals surface area (Å²) in [5, 5.41) is 9.67. The lowest BCUT2D eigenvalue weighted by Gasteiger charge is -2.14.